The summed E-state index contributed by atoms with van der Waals surface area (Å²) in [5, 5.41) is 6.23. The highest BCUT2D eigenvalue weighted by Gasteiger charge is 2.20. The Hall–Kier alpha value is -0.830. The standard InChI is InChI=1S/C10H18N2O/c1-3-10(13)12-8(2)9-5-4-6-11-7-9/h3,8-9,11H,1,4-7H2,2H3,(H,12,13). The van der Waals surface area contributed by atoms with Crippen LogP contribution >= 0.6 is 0 Å². The van der Waals surface area contributed by atoms with Crippen molar-refractivity contribution in [2.75, 3.05) is 13.1 Å². The Morgan fingerprint density at radius 3 is 3.08 bits per heavy atom. The lowest BCUT2D eigenvalue weighted by molar-refractivity contribution is -0.117. The van der Waals surface area contributed by atoms with E-state index < -0.39 is 0 Å². The molecule has 3 heteroatoms. The fourth-order valence-corrected chi connectivity index (χ4v) is 1.71. The summed E-state index contributed by atoms with van der Waals surface area (Å²) in [6.07, 6.45) is 3.73. The number of carbonyl (C=O) groups is 1. The highest BCUT2D eigenvalue weighted by Crippen LogP contribution is 2.13. The van der Waals surface area contributed by atoms with Gasteiger partial charge in [-0.25, -0.2) is 0 Å². The van der Waals surface area contributed by atoms with E-state index in [9.17, 15) is 4.79 Å². The Balaban J connectivity index is 2.32. The number of nitrogens with one attached hydrogen (secondary N) is 2. The summed E-state index contributed by atoms with van der Waals surface area (Å²) in [5.74, 6) is 0.496. The van der Waals surface area contributed by atoms with E-state index in [0.29, 0.717) is 5.92 Å². The van der Waals surface area contributed by atoms with E-state index in [1.165, 1.54) is 18.9 Å². The predicted octanol–water partition coefficient (Wildman–Crippen LogP) is 0.677. The molecule has 0 radical (unpaired) electrons. The van der Waals surface area contributed by atoms with E-state index >= 15 is 0 Å². The molecule has 1 fully saturated rings. The molecule has 0 aromatic heterocycles. The van der Waals surface area contributed by atoms with Crippen LogP contribution in [-0.4, -0.2) is 25.0 Å². The minimum atomic E-state index is -0.0712. The van der Waals surface area contributed by atoms with Crippen molar-refractivity contribution in [2.24, 2.45) is 5.92 Å². The highest BCUT2D eigenvalue weighted by atomic mass is 16.1. The van der Waals surface area contributed by atoms with E-state index in [1.54, 1.807) is 0 Å². The summed E-state index contributed by atoms with van der Waals surface area (Å²) >= 11 is 0. The average molecular weight is 182 g/mol. The number of carbonyl (C=O) groups excluding carboxylic acids is 1. The molecular formula is C10H18N2O. The predicted molar refractivity (Wildman–Crippen MR) is 53.4 cm³/mol. The Morgan fingerprint density at radius 2 is 2.54 bits per heavy atom. The molecule has 1 heterocycles. The van der Waals surface area contributed by atoms with Crippen LogP contribution in [0.1, 0.15) is 19.8 Å². The lowest BCUT2D eigenvalue weighted by Gasteiger charge is -2.28. The lowest BCUT2D eigenvalue weighted by Crippen LogP contribution is -2.44. The van der Waals surface area contributed by atoms with Crippen LogP contribution in [0.5, 0.6) is 0 Å². The van der Waals surface area contributed by atoms with Gasteiger partial charge < -0.3 is 10.6 Å². The molecule has 2 unspecified atom stereocenters. The molecule has 0 aliphatic carbocycles. The summed E-state index contributed by atoms with van der Waals surface area (Å²) in [4.78, 5) is 11.0. The molecule has 1 saturated heterocycles. The van der Waals surface area contributed by atoms with Crippen molar-refractivity contribution in [1.29, 1.82) is 0 Å². The van der Waals surface area contributed by atoms with Gasteiger partial charge in [-0.2, -0.15) is 0 Å². The fourth-order valence-electron chi connectivity index (χ4n) is 1.71. The van der Waals surface area contributed by atoms with Gasteiger partial charge in [0.05, 0.1) is 0 Å². The van der Waals surface area contributed by atoms with Crippen LogP contribution in [0.15, 0.2) is 12.7 Å². The van der Waals surface area contributed by atoms with Gasteiger partial charge in [0.15, 0.2) is 0 Å². The van der Waals surface area contributed by atoms with Crippen LogP contribution in [-0.2, 0) is 4.79 Å². The summed E-state index contributed by atoms with van der Waals surface area (Å²) < 4.78 is 0. The molecule has 0 saturated carbocycles. The Morgan fingerprint density at radius 1 is 1.77 bits per heavy atom. The zero-order valence-electron chi connectivity index (χ0n) is 8.18. The van der Waals surface area contributed by atoms with Gasteiger partial charge in [-0.05, 0) is 44.8 Å². The van der Waals surface area contributed by atoms with Crippen molar-refractivity contribution >= 4 is 5.91 Å². The molecule has 1 aliphatic rings. The molecular weight excluding hydrogens is 164 g/mol. The minimum absolute atomic E-state index is 0.0712. The summed E-state index contributed by atoms with van der Waals surface area (Å²) in [5.41, 5.74) is 0. The Labute approximate surface area is 79.6 Å². The smallest absolute Gasteiger partial charge is 0.243 e. The van der Waals surface area contributed by atoms with Crippen molar-refractivity contribution < 1.29 is 4.79 Å². The van der Waals surface area contributed by atoms with Crippen LogP contribution in [0.3, 0.4) is 0 Å². The third kappa shape index (κ3) is 3.19. The van der Waals surface area contributed by atoms with Gasteiger partial charge in [-0.15, -0.1) is 0 Å². The summed E-state index contributed by atoms with van der Waals surface area (Å²) in [6, 6.07) is 0.248. The molecule has 1 rings (SSSR count). The highest BCUT2D eigenvalue weighted by molar-refractivity contribution is 5.87. The van der Waals surface area contributed by atoms with Gasteiger partial charge in [0.1, 0.15) is 0 Å². The summed E-state index contributed by atoms with van der Waals surface area (Å²) in [6.45, 7) is 7.61. The van der Waals surface area contributed by atoms with Crippen molar-refractivity contribution in [3.8, 4) is 0 Å². The topological polar surface area (TPSA) is 41.1 Å². The van der Waals surface area contributed by atoms with E-state index in [4.69, 9.17) is 0 Å². The molecule has 0 aromatic rings. The molecule has 74 valence electrons. The average Bonchev–Trinajstić information content (AvgIpc) is 2.19. The molecule has 1 aliphatic heterocycles. The summed E-state index contributed by atoms with van der Waals surface area (Å²) in [7, 11) is 0. The third-order valence-electron chi connectivity index (χ3n) is 2.60. The van der Waals surface area contributed by atoms with Crippen molar-refractivity contribution in [3.05, 3.63) is 12.7 Å². The van der Waals surface area contributed by atoms with Crippen LogP contribution in [0.2, 0.25) is 0 Å². The maximum atomic E-state index is 11.0. The van der Waals surface area contributed by atoms with Crippen molar-refractivity contribution in [3.63, 3.8) is 0 Å². The monoisotopic (exact) mass is 182 g/mol. The number of hydrogen-bond acceptors (Lipinski definition) is 2. The molecule has 0 bridgehead atoms. The third-order valence-corrected chi connectivity index (χ3v) is 2.60. The second kappa shape index (κ2) is 5.02. The van der Waals surface area contributed by atoms with E-state index in [-0.39, 0.29) is 11.9 Å². The van der Waals surface area contributed by atoms with Gasteiger partial charge in [-0.3, -0.25) is 4.79 Å². The molecule has 0 spiro atoms. The van der Waals surface area contributed by atoms with E-state index in [2.05, 4.69) is 24.1 Å². The minimum Gasteiger partial charge on any atom is -0.350 e. The SMILES string of the molecule is C=CC(=O)NC(C)C1CCCNC1. The molecule has 3 nitrogen and oxygen atoms in total. The van der Waals surface area contributed by atoms with Crippen LogP contribution in [0.25, 0.3) is 0 Å². The van der Waals surface area contributed by atoms with Gasteiger partial charge in [-0.1, -0.05) is 6.58 Å². The first kappa shape index (κ1) is 10.3. The Kier molecular flexibility index (Phi) is 3.96. The van der Waals surface area contributed by atoms with Gasteiger partial charge >= 0.3 is 0 Å². The van der Waals surface area contributed by atoms with Gasteiger partial charge in [0.2, 0.25) is 5.91 Å². The first-order valence-corrected chi connectivity index (χ1v) is 4.87. The van der Waals surface area contributed by atoms with Gasteiger partial charge in [0.25, 0.3) is 0 Å². The van der Waals surface area contributed by atoms with Crippen LogP contribution in [0.4, 0.5) is 0 Å². The number of piperidine rings is 1. The van der Waals surface area contributed by atoms with Crippen molar-refractivity contribution in [2.45, 2.75) is 25.8 Å². The van der Waals surface area contributed by atoms with Crippen molar-refractivity contribution in [1.82, 2.24) is 10.6 Å². The normalized spacial score (nSPS) is 24.8. The second-order valence-corrected chi connectivity index (χ2v) is 3.61. The number of hydrogen-bond donors (Lipinski definition) is 2. The maximum Gasteiger partial charge on any atom is 0.243 e. The number of amides is 1. The first-order chi connectivity index (χ1) is 6.24. The van der Waals surface area contributed by atoms with Crippen LogP contribution in [0, 0.1) is 5.92 Å². The molecule has 2 atom stereocenters. The van der Waals surface area contributed by atoms with E-state index in [0.717, 1.165) is 13.1 Å². The molecule has 13 heavy (non-hydrogen) atoms. The quantitative estimate of drug-likeness (QED) is 0.630. The Bertz CT molecular complexity index is 185. The molecule has 1 amide bonds. The maximum absolute atomic E-state index is 11.0. The van der Waals surface area contributed by atoms with Crippen LogP contribution < -0.4 is 10.6 Å². The molecule has 2 N–H and O–H groups in total. The largest absolute Gasteiger partial charge is 0.350 e. The zero-order valence-corrected chi connectivity index (χ0v) is 8.18. The molecule has 0 aromatic carbocycles. The second-order valence-electron chi connectivity index (χ2n) is 3.61. The van der Waals surface area contributed by atoms with E-state index in [1.807, 2.05) is 0 Å². The fraction of sp³-hybridized carbons (Fsp3) is 0.700. The number of rotatable bonds is 3. The van der Waals surface area contributed by atoms with Gasteiger partial charge in [0, 0.05) is 6.04 Å². The zero-order chi connectivity index (χ0) is 9.68. The lowest BCUT2D eigenvalue weighted by atomic mass is 9.93. The first-order valence-electron chi connectivity index (χ1n) is 4.87.